The number of benzene rings is 1. The quantitative estimate of drug-likeness (QED) is 0.853. The van der Waals surface area contributed by atoms with Crippen LogP contribution < -0.4 is 5.73 Å². The molecule has 2 rings (SSSR count). The van der Waals surface area contributed by atoms with Crippen LogP contribution in [-0.4, -0.2) is 0 Å². The predicted octanol–water partition coefficient (Wildman–Crippen LogP) is 3.26. The van der Waals surface area contributed by atoms with Gasteiger partial charge in [-0.2, -0.15) is 0 Å². The highest BCUT2D eigenvalue weighted by Crippen LogP contribution is 2.34. The third kappa shape index (κ3) is 1.89. The molecule has 0 radical (unpaired) electrons. The minimum atomic E-state index is -0.106. The van der Waals surface area contributed by atoms with Gasteiger partial charge in [-0.15, -0.1) is 0 Å². The molecular formula is C14H17NO. The van der Waals surface area contributed by atoms with Gasteiger partial charge in [-0.05, 0) is 11.6 Å². The van der Waals surface area contributed by atoms with Crippen molar-refractivity contribution in [3.8, 4) is 0 Å². The van der Waals surface area contributed by atoms with Crippen LogP contribution in [0.5, 0.6) is 0 Å². The van der Waals surface area contributed by atoms with E-state index in [2.05, 4.69) is 26.0 Å². The summed E-state index contributed by atoms with van der Waals surface area (Å²) in [5.74, 6) is 0. The molecule has 2 nitrogen and oxygen atoms in total. The molecule has 1 heterocycles. The molecule has 0 spiro atoms. The van der Waals surface area contributed by atoms with E-state index >= 15 is 0 Å². The third-order valence-corrected chi connectivity index (χ3v) is 3.20. The molecule has 0 saturated heterocycles. The van der Waals surface area contributed by atoms with Crippen molar-refractivity contribution in [1.82, 2.24) is 0 Å². The van der Waals surface area contributed by atoms with Gasteiger partial charge in [-0.25, -0.2) is 0 Å². The van der Waals surface area contributed by atoms with E-state index in [4.69, 9.17) is 10.2 Å². The van der Waals surface area contributed by atoms with Gasteiger partial charge in [0, 0.05) is 17.0 Å². The van der Waals surface area contributed by atoms with Crippen molar-refractivity contribution in [1.29, 1.82) is 0 Å². The van der Waals surface area contributed by atoms with Crippen molar-refractivity contribution >= 4 is 0 Å². The van der Waals surface area contributed by atoms with Crippen LogP contribution in [0.1, 0.15) is 31.0 Å². The summed E-state index contributed by atoms with van der Waals surface area (Å²) < 4.78 is 5.09. The summed E-state index contributed by atoms with van der Waals surface area (Å²) >= 11 is 0. The largest absolute Gasteiger partial charge is 0.472 e. The Hall–Kier alpha value is -1.54. The first kappa shape index (κ1) is 11.0. The molecule has 0 aliphatic heterocycles. The summed E-state index contributed by atoms with van der Waals surface area (Å²) in [5, 5.41) is 0. The van der Waals surface area contributed by atoms with Crippen molar-refractivity contribution in [2.75, 3.05) is 0 Å². The molecule has 2 heteroatoms. The Kier molecular flexibility index (Phi) is 2.84. The van der Waals surface area contributed by atoms with Crippen LogP contribution in [0.3, 0.4) is 0 Å². The van der Waals surface area contributed by atoms with Crippen molar-refractivity contribution in [2.45, 2.75) is 25.3 Å². The third-order valence-electron chi connectivity index (χ3n) is 3.20. The van der Waals surface area contributed by atoms with Gasteiger partial charge in [-0.3, -0.25) is 0 Å². The molecular weight excluding hydrogens is 198 g/mol. The van der Waals surface area contributed by atoms with E-state index in [1.54, 1.807) is 12.5 Å². The molecule has 1 aromatic carbocycles. The standard InChI is InChI=1S/C14H17NO/c1-14(2,12-6-4-3-5-7-12)13(15)11-8-9-16-10-11/h3-10,13H,15H2,1-2H3. The van der Waals surface area contributed by atoms with Crippen molar-refractivity contribution in [3.05, 3.63) is 60.1 Å². The van der Waals surface area contributed by atoms with E-state index in [9.17, 15) is 0 Å². The first-order valence-corrected chi connectivity index (χ1v) is 5.45. The molecule has 0 fully saturated rings. The number of furan rings is 1. The number of rotatable bonds is 3. The van der Waals surface area contributed by atoms with Crippen molar-refractivity contribution < 1.29 is 4.42 Å². The Morgan fingerprint density at radius 2 is 1.81 bits per heavy atom. The number of hydrogen-bond donors (Lipinski definition) is 1. The molecule has 0 amide bonds. The lowest BCUT2D eigenvalue weighted by Gasteiger charge is -2.31. The Balaban J connectivity index is 2.32. The number of nitrogens with two attached hydrogens (primary N) is 1. The lowest BCUT2D eigenvalue weighted by atomic mass is 9.76. The van der Waals surface area contributed by atoms with Gasteiger partial charge in [0.25, 0.3) is 0 Å². The second kappa shape index (κ2) is 4.14. The average Bonchev–Trinajstić information content (AvgIpc) is 2.82. The summed E-state index contributed by atoms with van der Waals surface area (Å²) in [4.78, 5) is 0. The summed E-state index contributed by atoms with van der Waals surface area (Å²) in [6, 6.07) is 12.2. The van der Waals surface area contributed by atoms with Gasteiger partial charge in [0.15, 0.2) is 0 Å². The highest BCUT2D eigenvalue weighted by atomic mass is 16.3. The Morgan fingerprint density at radius 3 is 2.38 bits per heavy atom. The summed E-state index contributed by atoms with van der Waals surface area (Å²) in [7, 11) is 0. The smallest absolute Gasteiger partial charge is 0.0950 e. The minimum absolute atomic E-state index is 0.0614. The van der Waals surface area contributed by atoms with Crippen molar-refractivity contribution in [2.24, 2.45) is 5.73 Å². The van der Waals surface area contributed by atoms with Gasteiger partial charge in [-0.1, -0.05) is 44.2 Å². The highest BCUT2D eigenvalue weighted by molar-refractivity contribution is 5.29. The molecule has 0 bridgehead atoms. The van der Waals surface area contributed by atoms with E-state index in [1.807, 2.05) is 24.3 Å². The lowest BCUT2D eigenvalue weighted by Crippen LogP contribution is -2.32. The van der Waals surface area contributed by atoms with E-state index in [0.29, 0.717) is 0 Å². The Bertz CT molecular complexity index is 431. The molecule has 1 atom stereocenters. The predicted molar refractivity (Wildman–Crippen MR) is 65.1 cm³/mol. The fraction of sp³-hybridized carbons (Fsp3) is 0.286. The average molecular weight is 215 g/mol. The van der Waals surface area contributed by atoms with E-state index in [0.717, 1.165) is 5.56 Å². The highest BCUT2D eigenvalue weighted by Gasteiger charge is 2.29. The zero-order valence-electron chi connectivity index (χ0n) is 9.68. The maximum atomic E-state index is 6.29. The van der Waals surface area contributed by atoms with Gasteiger partial charge in [0.1, 0.15) is 0 Å². The van der Waals surface area contributed by atoms with Gasteiger partial charge >= 0.3 is 0 Å². The fourth-order valence-electron chi connectivity index (χ4n) is 1.92. The van der Waals surface area contributed by atoms with E-state index in [1.165, 1.54) is 5.56 Å². The molecule has 0 aliphatic rings. The van der Waals surface area contributed by atoms with E-state index in [-0.39, 0.29) is 11.5 Å². The topological polar surface area (TPSA) is 39.2 Å². The maximum absolute atomic E-state index is 6.29. The lowest BCUT2D eigenvalue weighted by molar-refractivity contribution is 0.416. The van der Waals surface area contributed by atoms with Crippen LogP contribution in [0.15, 0.2) is 53.3 Å². The van der Waals surface area contributed by atoms with Gasteiger partial charge in [0.05, 0.1) is 12.5 Å². The van der Waals surface area contributed by atoms with Crippen LogP contribution in [0, 0.1) is 0 Å². The monoisotopic (exact) mass is 215 g/mol. The first-order valence-electron chi connectivity index (χ1n) is 5.45. The molecule has 16 heavy (non-hydrogen) atoms. The van der Waals surface area contributed by atoms with E-state index < -0.39 is 0 Å². The Morgan fingerprint density at radius 1 is 1.12 bits per heavy atom. The molecule has 2 N–H and O–H groups in total. The molecule has 0 saturated carbocycles. The van der Waals surface area contributed by atoms with Crippen LogP contribution in [0.25, 0.3) is 0 Å². The second-order valence-electron chi connectivity index (χ2n) is 4.62. The van der Waals surface area contributed by atoms with Crippen LogP contribution in [-0.2, 0) is 5.41 Å². The summed E-state index contributed by atoms with van der Waals surface area (Å²) in [6.45, 7) is 4.31. The Labute approximate surface area is 96.1 Å². The van der Waals surface area contributed by atoms with Gasteiger partial charge < -0.3 is 10.2 Å². The van der Waals surface area contributed by atoms with Crippen molar-refractivity contribution in [3.63, 3.8) is 0 Å². The zero-order chi connectivity index (χ0) is 11.6. The zero-order valence-corrected chi connectivity index (χ0v) is 9.68. The molecule has 2 aromatic rings. The van der Waals surface area contributed by atoms with Crippen LogP contribution >= 0.6 is 0 Å². The summed E-state index contributed by atoms with van der Waals surface area (Å²) in [6.07, 6.45) is 3.38. The summed E-state index contributed by atoms with van der Waals surface area (Å²) in [5.41, 5.74) is 8.46. The second-order valence-corrected chi connectivity index (χ2v) is 4.62. The fourth-order valence-corrected chi connectivity index (χ4v) is 1.92. The number of hydrogen-bond acceptors (Lipinski definition) is 2. The molecule has 0 aliphatic carbocycles. The SMILES string of the molecule is CC(C)(c1ccccc1)C(N)c1ccoc1. The normalized spacial score (nSPS) is 13.7. The van der Waals surface area contributed by atoms with Crippen LogP contribution in [0.4, 0.5) is 0 Å². The molecule has 84 valence electrons. The van der Waals surface area contributed by atoms with Crippen LogP contribution in [0.2, 0.25) is 0 Å². The first-order chi connectivity index (χ1) is 7.62. The molecule has 1 aromatic heterocycles. The maximum Gasteiger partial charge on any atom is 0.0950 e. The minimum Gasteiger partial charge on any atom is -0.472 e. The van der Waals surface area contributed by atoms with Gasteiger partial charge in [0.2, 0.25) is 0 Å². The molecule has 1 unspecified atom stereocenters.